The number of unbranched alkanes of at least 4 members (excludes halogenated alkanes) is 1. The highest BCUT2D eigenvalue weighted by Crippen LogP contribution is 2.11. The van der Waals surface area contributed by atoms with Crippen LogP contribution in [0.4, 0.5) is 0 Å². The number of halogens is 1. The molecule has 0 saturated heterocycles. The van der Waals surface area contributed by atoms with Crippen molar-refractivity contribution in [1.29, 1.82) is 0 Å². The van der Waals surface area contributed by atoms with Crippen LogP contribution in [-0.4, -0.2) is 23.1 Å². The fourth-order valence-corrected chi connectivity index (χ4v) is 1.84. The van der Waals surface area contributed by atoms with Gasteiger partial charge in [0.15, 0.2) is 0 Å². The molecule has 0 aromatic heterocycles. The number of alkyl halides is 1. The number of aliphatic hydroxyl groups excluding tert-OH is 1. The number of hydrogen-bond donors (Lipinski definition) is 1. The van der Waals surface area contributed by atoms with Crippen molar-refractivity contribution in [2.45, 2.75) is 38.2 Å². The Morgan fingerprint density at radius 2 is 1.94 bits per heavy atom. The van der Waals surface area contributed by atoms with Crippen LogP contribution < -0.4 is 4.74 Å². The van der Waals surface area contributed by atoms with Gasteiger partial charge in [0, 0.05) is 12.3 Å². The molecular weight excluding hydrogens is 252 g/mol. The molecule has 0 amide bonds. The Morgan fingerprint density at radius 3 is 2.61 bits per heavy atom. The van der Waals surface area contributed by atoms with Crippen LogP contribution in [0.5, 0.6) is 5.75 Å². The lowest BCUT2D eigenvalue weighted by molar-refractivity contribution is -0.134. The Labute approximate surface area is 113 Å². The molecule has 0 spiro atoms. The number of benzene rings is 1. The molecule has 0 radical (unpaired) electrons. The van der Waals surface area contributed by atoms with E-state index in [9.17, 15) is 9.90 Å². The Balaban J connectivity index is 2.11. The maximum atomic E-state index is 11.5. The summed E-state index contributed by atoms with van der Waals surface area (Å²) in [5, 5.41) is 9.45. The highest BCUT2D eigenvalue weighted by Gasteiger charge is 2.06. The van der Waals surface area contributed by atoms with Crippen molar-refractivity contribution in [3.63, 3.8) is 0 Å². The van der Waals surface area contributed by atoms with E-state index >= 15 is 0 Å². The molecular formula is C14H19ClO3. The average molecular weight is 271 g/mol. The lowest BCUT2D eigenvalue weighted by Gasteiger charge is -2.08. The van der Waals surface area contributed by atoms with Crippen molar-refractivity contribution in [2.75, 3.05) is 5.88 Å². The van der Waals surface area contributed by atoms with Crippen LogP contribution in [0.1, 0.15) is 32.1 Å². The van der Waals surface area contributed by atoms with E-state index in [0.29, 0.717) is 30.9 Å². The molecule has 0 heterocycles. The monoisotopic (exact) mass is 270 g/mol. The van der Waals surface area contributed by atoms with Crippen molar-refractivity contribution in [1.82, 2.24) is 0 Å². The van der Waals surface area contributed by atoms with Crippen LogP contribution in [0, 0.1) is 0 Å². The van der Waals surface area contributed by atoms with Gasteiger partial charge in [-0.05, 0) is 31.4 Å². The smallest absolute Gasteiger partial charge is 0.311 e. The topological polar surface area (TPSA) is 46.5 Å². The van der Waals surface area contributed by atoms with Crippen LogP contribution in [0.3, 0.4) is 0 Å². The molecule has 3 nitrogen and oxygen atoms in total. The summed E-state index contributed by atoms with van der Waals surface area (Å²) in [7, 11) is 0. The number of para-hydroxylation sites is 1. The van der Waals surface area contributed by atoms with E-state index in [4.69, 9.17) is 16.3 Å². The van der Waals surface area contributed by atoms with Crippen LogP contribution in [0.2, 0.25) is 0 Å². The van der Waals surface area contributed by atoms with E-state index in [1.165, 1.54) is 0 Å². The molecule has 18 heavy (non-hydrogen) atoms. The van der Waals surface area contributed by atoms with Crippen LogP contribution >= 0.6 is 11.6 Å². The first-order valence-electron chi connectivity index (χ1n) is 6.22. The summed E-state index contributed by atoms with van der Waals surface area (Å²) in [6.07, 6.45) is 2.85. The first-order chi connectivity index (χ1) is 8.72. The third kappa shape index (κ3) is 6.62. The fraction of sp³-hybridized carbons (Fsp3) is 0.500. The largest absolute Gasteiger partial charge is 0.427 e. The normalized spacial score (nSPS) is 12.1. The van der Waals surface area contributed by atoms with Gasteiger partial charge in [0.25, 0.3) is 0 Å². The lowest BCUT2D eigenvalue weighted by atomic mass is 10.1. The van der Waals surface area contributed by atoms with Gasteiger partial charge in [0.2, 0.25) is 0 Å². The van der Waals surface area contributed by atoms with E-state index in [0.717, 1.165) is 12.8 Å². The molecule has 0 unspecified atom stereocenters. The summed E-state index contributed by atoms with van der Waals surface area (Å²) in [6.45, 7) is 0. The van der Waals surface area contributed by atoms with Gasteiger partial charge >= 0.3 is 5.97 Å². The summed E-state index contributed by atoms with van der Waals surface area (Å²) in [5.74, 6) is 0.815. The van der Waals surface area contributed by atoms with Gasteiger partial charge in [-0.3, -0.25) is 4.79 Å². The first-order valence-corrected chi connectivity index (χ1v) is 6.75. The molecule has 0 aliphatic carbocycles. The third-order valence-electron chi connectivity index (χ3n) is 2.59. The van der Waals surface area contributed by atoms with Gasteiger partial charge in [0.1, 0.15) is 5.75 Å². The molecule has 0 aliphatic heterocycles. The van der Waals surface area contributed by atoms with E-state index in [-0.39, 0.29) is 12.1 Å². The predicted octanol–water partition coefficient (Wildman–Crippen LogP) is 3.14. The second-order valence-electron chi connectivity index (χ2n) is 4.16. The molecule has 0 aliphatic rings. The quantitative estimate of drug-likeness (QED) is 0.342. The second-order valence-corrected chi connectivity index (χ2v) is 4.54. The van der Waals surface area contributed by atoms with Crippen LogP contribution in [-0.2, 0) is 4.79 Å². The van der Waals surface area contributed by atoms with Gasteiger partial charge in [-0.15, -0.1) is 11.6 Å². The van der Waals surface area contributed by atoms with Gasteiger partial charge in [0.05, 0.1) is 6.10 Å². The maximum absolute atomic E-state index is 11.5. The maximum Gasteiger partial charge on any atom is 0.311 e. The van der Waals surface area contributed by atoms with Gasteiger partial charge in [-0.1, -0.05) is 24.6 Å². The highest BCUT2D eigenvalue weighted by atomic mass is 35.5. The van der Waals surface area contributed by atoms with Crippen molar-refractivity contribution < 1.29 is 14.6 Å². The Morgan fingerprint density at radius 1 is 1.22 bits per heavy atom. The molecule has 4 heteroatoms. The van der Waals surface area contributed by atoms with Crippen molar-refractivity contribution in [3.05, 3.63) is 30.3 Å². The summed E-state index contributed by atoms with van der Waals surface area (Å²) >= 11 is 5.52. The predicted molar refractivity (Wildman–Crippen MR) is 71.9 cm³/mol. The molecule has 0 fully saturated rings. The summed E-state index contributed by atoms with van der Waals surface area (Å²) < 4.78 is 5.15. The first kappa shape index (κ1) is 15.0. The molecule has 1 aromatic carbocycles. The fourth-order valence-electron chi connectivity index (χ4n) is 1.59. The molecule has 0 bridgehead atoms. The Bertz CT molecular complexity index is 340. The average Bonchev–Trinajstić information content (AvgIpc) is 2.36. The standard InChI is InChI=1S/C14H19ClO3/c15-11-10-12(16)6-4-5-9-14(17)18-13-7-2-1-3-8-13/h1-3,7-8,12,16H,4-6,9-11H2/t12-/m1/s1. The van der Waals surface area contributed by atoms with E-state index in [2.05, 4.69) is 0 Å². The zero-order valence-electron chi connectivity index (χ0n) is 10.3. The Kier molecular flexibility index (Phi) is 7.46. The summed E-state index contributed by atoms with van der Waals surface area (Å²) in [4.78, 5) is 11.5. The molecule has 1 aromatic rings. The number of aliphatic hydroxyl groups is 1. The highest BCUT2D eigenvalue weighted by molar-refractivity contribution is 6.17. The van der Waals surface area contributed by atoms with Crippen LogP contribution in [0.15, 0.2) is 30.3 Å². The molecule has 100 valence electrons. The SMILES string of the molecule is O=C(CCCC[C@@H](O)CCCl)Oc1ccccc1. The number of esters is 1. The van der Waals surface area contributed by atoms with Gasteiger partial charge < -0.3 is 9.84 Å². The lowest BCUT2D eigenvalue weighted by Crippen LogP contribution is -2.09. The minimum atomic E-state index is -0.354. The Hall–Kier alpha value is -1.06. The number of carbonyl (C=O) groups excluding carboxylic acids is 1. The van der Waals surface area contributed by atoms with Crippen molar-refractivity contribution in [2.24, 2.45) is 0 Å². The van der Waals surface area contributed by atoms with Crippen molar-refractivity contribution in [3.8, 4) is 5.75 Å². The van der Waals surface area contributed by atoms with E-state index in [1.54, 1.807) is 12.1 Å². The van der Waals surface area contributed by atoms with E-state index < -0.39 is 0 Å². The molecule has 0 saturated carbocycles. The minimum Gasteiger partial charge on any atom is -0.427 e. The van der Waals surface area contributed by atoms with Gasteiger partial charge in [-0.25, -0.2) is 0 Å². The van der Waals surface area contributed by atoms with Gasteiger partial charge in [-0.2, -0.15) is 0 Å². The minimum absolute atomic E-state index is 0.229. The zero-order chi connectivity index (χ0) is 13.2. The summed E-state index contributed by atoms with van der Waals surface area (Å²) in [5.41, 5.74) is 0. The molecule has 1 atom stereocenters. The number of carbonyl (C=O) groups is 1. The second kappa shape index (κ2) is 8.95. The zero-order valence-corrected chi connectivity index (χ0v) is 11.1. The van der Waals surface area contributed by atoms with E-state index in [1.807, 2.05) is 18.2 Å². The molecule has 1 rings (SSSR count). The number of ether oxygens (including phenoxy) is 1. The number of rotatable bonds is 8. The summed E-state index contributed by atoms with van der Waals surface area (Å²) in [6, 6.07) is 9.02. The van der Waals surface area contributed by atoms with Crippen LogP contribution in [0.25, 0.3) is 0 Å². The van der Waals surface area contributed by atoms with Crippen molar-refractivity contribution >= 4 is 17.6 Å². The molecule has 1 N–H and O–H groups in total. The third-order valence-corrected chi connectivity index (χ3v) is 2.80. The number of hydrogen-bond acceptors (Lipinski definition) is 3.